The van der Waals surface area contributed by atoms with Crippen LogP contribution in [0.2, 0.25) is 5.02 Å². The molecule has 3 heteroatoms. The third kappa shape index (κ3) is 2.38. The summed E-state index contributed by atoms with van der Waals surface area (Å²) in [6.45, 7) is 0. The van der Waals surface area contributed by atoms with Crippen molar-refractivity contribution in [3.63, 3.8) is 0 Å². The molecular formula is C17H11ClO2. The van der Waals surface area contributed by atoms with Gasteiger partial charge in [-0.3, -0.25) is 0 Å². The topological polar surface area (TPSA) is 30.2 Å². The van der Waals surface area contributed by atoms with E-state index in [4.69, 9.17) is 16.0 Å². The van der Waals surface area contributed by atoms with E-state index in [1.54, 1.807) is 6.07 Å². The zero-order valence-electron chi connectivity index (χ0n) is 10.5. The average molecular weight is 283 g/mol. The van der Waals surface area contributed by atoms with Crippen LogP contribution in [0.25, 0.3) is 22.5 Å². The Hall–Kier alpha value is -2.32. The molecule has 1 heterocycles. The molecule has 3 rings (SSSR count). The number of halogens is 1. The molecule has 0 radical (unpaired) electrons. The summed E-state index contributed by atoms with van der Waals surface area (Å²) in [5, 5.41) is 0.426. The van der Waals surface area contributed by atoms with Crippen LogP contribution in [0.3, 0.4) is 0 Å². The zero-order chi connectivity index (χ0) is 13.9. The molecule has 0 fully saturated rings. The lowest BCUT2D eigenvalue weighted by Crippen LogP contribution is -2.03. The van der Waals surface area contributed by atoms with E-state index in [2.05, 4.69) is 0 Å². The molecule has 3 aromatic rings. The van der Waals surface area contributed by atoms with Gasteiger partial charge in [-0.15, -0.1) is 0 Å². The van der Waals surface area contributed by atoms with Crippen LogP contribution < -0.4 is 5.63 Å². The summed E-state index contributed by atoms with van der Waals surface area (Å²) in [5.74, 6) is 0.400. The fraction of sp³-hybridized carbons (Fsp3) is 0. The molecule has 0 aliphatic rings. The van der Waals surface area contributed by atoms with Gasteiger partial charge < -0.3 is 4.42 Å². The Morgan fingerprint density at radius 1 is 0.800 bits per heavy atom. The zero-order valence-corrected chi connectivity index (χ0v) is 11.3. The predicted octanol–water partition coefficient (Wildman–Crippen LogP) is 4.63. The second-order valence-electron chi connectivity index (χ2n) is 4.36. The maximum Gasteiger partial charge on any atom is 0.344 e. The first-order valence-electron chi connectivity index (χ1n) is 6.20. The van der Waals surface area contributed by atoms with Gasteiger partial charge in [0, 0.05) is 5.56 Å². The highest BCUT2D eigenvalue weighted by Gasteiger charge is 2.12. The van der Waals surface area contributed by atoms with Crippen LogP contribution in [0.4, 0.5) is 0 Å². The Kier molecular flexibility index (Phi) is 3.40. The van der Waals surface area contributed by atoms with Crippen LogP contribution in [-0.2, 0) is 0 Å². The first-order valence-corrected chi connectivity index (χ1v) is 6.58. The Balaban J connectivity index is 2.15. The highest BCUT2D eigenvalue weighted by atomic mass is 35.5. The quantitative estimate of drug-likeness (QED) is 0.686. The van der Waals surface area contributed by atoms with Gasteiger partial charge in [0.25, 0.3) is 0 Å². The van der Waals surface area contributed by atoms with Crippen LogP contribution in [0.1, 0.15) is 0 Å². The van der Waals surface area contributed by atoms with Gasteiger partial charge in [-0.05, 0) is 11.6 Å². The molecular weight excluding hydrogens is 272 g/mol. The normalized spacial score (nSPS) is 10.4. The Morgan fingerprint density at radius 2 is 1.35 bits per heavy atom. The maximum atomic E-state index is 12.1. The minimum Gasteiger partial charge on any atom is -0.421 e. The molecule has 0 atom stereocenters. The van der Waals surface area contributed by atoms with E-state index in [0.717, 1.165) is 11.1 Å². The van der Waals surface area contributed by atoms with Crippen LogP contribution >= 0.6 is 11.6 Å². The molecule has 0 spiro atoms. The molecule has 0 saturated heterocycles. The van der Waals surface area contributed by atoms with Crippen molar-refractivity contribution >= 4 is 11.6 Å². The van der Waals surface area contributed by atoms with Crippen molar-refractivity contribution in [1.29, 1.82) is 0 Å². The van der Waals surface area contributed by atoms with Crippen LogP contribution in [-0.4, -0.2) is 0 Å². The van der Waals surface area contributed by atoms with Gasteiger partial charge in [0.15, 0.2) is 5.76 Å². The molecule has 2 aromatic carbocycles. The lowest BCUT2D eigenvalue weighted by atomic mass is 10.1. The van der Waals surface area contributed by atoms with Gasteiger partial charge in [0.05, 0.1) is 10.6 Å². The Morgan fingerprint density at radius 3 is 1.95 bits per heavy atom. The third-order valence-electron chi connectivity index (χ3n) is 3.02. The van der Waals surface area contributed by atoms with Gasteiger partial charge in [-0.25, -0.2) is 4.79 Å². The fourth-order valence-corrected chi connectivity index (χ4v) is 2.31. The van der Waals surface area contributed by atoms with Gasteiger partial charge in [0.2, 0.25) is 0 Å². The van der Waals surface area contributed by atoms with Crippen molar-refractivity contribution in [1.82, 2.24) is 0 Å². The molecule has 2 nitrogen and oxygen atoms in total. The van der Waals surface area contributed by atoms with Crippen LogP contribution in [0.15, 0.2) is 75.9 Å². The molecule has 0 amide bonds. The molecule has 0 aliphatic carbocycles. The average Bonchev–Trinajstić information content (AvgIpc) is 2.51. The molecule has 0 saturated carbocycles. The van der Waals surface area contributed by atoms with Crippen molar-refractivity contribution < 1.29 is 4.42 Å². The first-order chi connectivity index (χ1) is 9.75. The maximum absolute atomic E-state index is 12.1. The van der Waals surface area contributed by atoms with E-state index in [0.29, 0.717) is 16.3 Å². The van der Waals surface area contributed by atoms with Gasteiger partial charge in [0.1, 0.15) is 0 Å². The molecule has 0 N–H and O–H groups in total. The second-order valence-corrected chi connectivity index (χ2v) is 4.76. The van der Waals surface area contributed by atoms with Crippen molar-refractivity contribution in [3.05, 3.63) is 82.2 Å². The summed E-state index contributed by atoms with van der Waals surface area (Å²) >= 11 is 6.25. The van der Waals surface area contributed by atoms with E-state index in [9.17, 15) is 4.79 Å². The van der Waals surface area contributed by atoms with Crippen LogP contribution in [0.5, 0.6) is 0 Å². The number of benzene rings is 2. The highest BCUT2D eigenvalue weighted by Crippen LogP contribution is 2.29. The van der Waals surface area contributed by atoms with Gasteiger partial charge in [-0.1, -0.05) is 72.3 Å². The third-order valence-corrected chi connectivity index (χ3v) is 3.30. The summed E-state index contributed by atoms with van der Waals surface area (Å²) in [6.07, 6.45) is 0. The van der Waals surface area contributed by atoms with Crippen molar-refractivity contribution in [2.75, 3.05) is 0 Å². The lowest BCUT2D eigenvalue weighted by Gasteiger charge is -2.05. The minimum absolute atomic E-state index is 0.389. The number of hydrogen-bond acceptors (Lipinski definition) is 2. The second kappa shape index (κ2) is 5.35. The van der Waals surface area contributed by atoms with E-state index in [1.165, 1.54) is 0 Å². The molecule has 0 unspecified atom stereocenters. The monoisotopic (exact) mass is 282 g/mol. The summed E-state index contributed by atoms with van der Waals surface area (Å²) < 4.78 is 5.39. The lowest BCUT2D eigenvalue weighted by molar-refractivity contribution is 0.528. The summed E-state index contributed by atoms with van der Waals surface area (Å²) in [4.78, 5) is 12.1. The van der Waals surface area contributed by atoms with Crippen molar-refractivity contribution in [2.45, 2.75) is 0 Å². The Bertz CT molecular complexity index is 777. The molecule has 0 aliphatic heterocycles. The van der Waals surface area contributed by atoms with Gasteiger partial charge in [-0.2, -0.15) is 0 Å². The number of rotatable bonds is 2. The fourth-order valence-electron chi connectivity index (χ4n) is 2.05. The largest absolute Gasteiger partial charge is 0.421 e. The SMILES string of the molecule is O=c1oc(-c2ccccc2)c(Cl)cc1-c1ccccc1. The van der Waals surface area contributed by atoms with Crippen molar-refractivity contribution in [3.8, 4) is 22.5 Å². The van der Waals surface area contributed by atoms with E-state index in [1.807, 2.05) is 60.7 Å². The molecule has 0 bridgehead atoms. The molecule has 1 aromatic heterocycles. The van der Waals surface area contributed by atoms with E-state index >= 15 is 0 Å². The van der Waals surface area contributed by atoms with Crippen molar-refractivity contribution in [2.24, 2.45) is 0 Å². The molecule has 20 heavy (non-hydrogen) atoms. The van der Waals surface area contributed by atoms with E-state index in [-0.39, 0.29) is 5.63 Å². The van der Waals surface area contributed by atoms with Crippen LogP contribution in [0, 0.1) is 0 Å². The molecule has 98 valence electrons. The Labute approximate surface area is 121 Å². The smallest absolute Gasteiger partial charge is 0.344 e. The minimum atomic E-state index is -0.389. The summed E-state index contributed by atoms with van der Waals surface area (Å²) in [5.41, 5.74) is 1.66. The summed E-state index contributed by atoms with van der Waals surface area (Å²) in [7, 11) is 0. The standard InChI is InChI=1S/C17H11ClO2/c18-15-11-14(12-7-3-1-4-8-12)17(19)20-16(15)13-9-5-2-6-10-13/h1-11H. The first kappa shape index (κ1) is 12.7. The van der Waals surface area contributed by atoms with E-state index < -0.39 is 0 Å². The predicted molar refractivity (Wildman–Crippen MR) is 80.9 cm³/mol. The summed E-state index contributed by atoms with van der Waals surface area (Å²) in [6, 6.07) is 20.3. The van der Waals surface area contributed by atoms with Gasteiger partial charge >= 0.3 is 5.63 Å². The highest BCUT2D eigenvalue weighted by molar-refractivity contribution is 6.33. The number of hydrogen-bond donors (Lipinski definition) is 0.